The van der Waals surface area contributed by atoms with Gasteiger partial charge in [-0.3, -0.25) is 10.1 Å². The highest BCUT2D eigenvalue weighted by atomic mass is 31.2. The van der Waals surface area contributed by atoms with E-state index in [0.717, 1.165) is 0 Å². The zero-order valence-electron chi connectivity index (χ0n) is 6.05. The number of unbranched alkanes of at least 4 members (excludes halogenated alkanes) is 1. The molecule has 0 amide bonds. The summed E-state index contributed by atoms with van der Waals surface area (Å²) in [6.07, 6.45) is 1.33. The fourth-order valence-corrected chi connectivity index (χ4v) is 1.77. The lowest BCUT2D eigenvalue weighted by atomic mass is 10.4. The van der Waals surface area contributed by atoms with Gasteiger partial charge in [0.1, 0.15) is 0 Å². The molecule has 0 heterocycles. The first-order valence-electron chi connectivity index (χ1n) is 3.17. The molecule has 0 bridgehead atoms. The van der Waals surface area contributed by atoms with Gasteiger partial charge in [-0.1, -0.05) is 0 Å². The molecule has 5 N–H and O–H groups in total. The molecule has 7 heteroatoms. The smallest absolute Gasteiger partial charge is 0.325 e. The van der Waals surface area contributed by atoms with Crippen LogP contribution in [0.2, 0.25) is 0 Å². The van der Waals surface area contributed by atoms with Gasteiger partial charge in [0.15, 0.2) is 0 Å². The monoisotopic (exact) mass is 201 g/mol. The zero-order chi connectivity index (χ0) is 8.91. The predicted molar refractivity (Wildman–Crippen MR) is 44.3 cm³/mol. The molecule has 68 valence electrons. The van der Waals surface area contributed by atoms with Crippen molar-refractivity contribution in [3.05, 3.63) is 0 Å². The highest BCUT2D eigenvalue weighted by Crippen LogP contribution is 2.35. The molecule has 1 unspecified atom stereocenters. The Hall–Kier alpha value is 0.500. The maximum absolute atomic E-state index is 10.3. The molecule has 0 radical (unpaired) electrons. The second kappa shape index (κ2) is 5.20. The van der Waals surface area contributed by atoms with Crippen molar-refractivity contribution in [1.82, 2.24) is 0 Å². The summed E-state index contributed by atoms with van der Waals surface area (Å²) >= 11 is 0. The SMILES string of the molecule is NP(O)CCCCP(=O)(O)O. The molecule has 1 atom stereocenters. The average molecular weight is 201 g/mol. The quantitative estimate of drug-likeness (QED) is 0.376. The van der Waals surface area contributed by atoms with E-state index < -0.39 is 15.9 Å². The van der Waals surface area contributed by atoms with Gasteiger partial charge in [0.25, 0.3) is 0 Å². The molecule has 0 aliphatic rings. The summed E-state index contributed by atoms with van der Waals surface area (Å²) < 4.78 is 10.3. The van der Waals surface area contributed by atoms with Gasteiger partial charge in [-0.2, -0.15) is 0 Å². The lowest BCUT2D eigenvalue weighted by Crippen LogP contribution is -1.95. The van der Waals surface area contributed by atoms with Gasteiger partial charge >= 0.3 is 7.60 Å². The lowest BCUT2D eigenvalue weighted by Gasteiger charge is -2.04. The summed E-state index contributed by atoms with van der Waals surface area (Å²) in [7, 11) is -5.24. The van der Waals surface area contributed by atoms with E-state index in [1.165, 1.54) is 0 Å². The number of hydrogen-bond donors (Lipinski definition) is 4. The van der Waals surface area contributed by atoms with Gasteiger partial charge < -0.3 is 14.7 Å². The molecule has 0 saturated heterocycles. The average Bonchev–Trinajstić information content (AvgIpc) is 1.78. The Morgan fingerprint density at radius 3 is 2.27 bits per heavy atom. The van der Waals surface area contributed by atoms with E-state index in [-0.39, 0.29) is 6.16 Å². The van der Waals surface area contributed by atoms with Gasteiger partial charge in [-0.25, -0.2) is 0 Å². The Morgan fingerprint density at radius 2 is 1.91 bits per heavy atom. The minimum absolute atomic E-state index is 0.115. The summed E-state index contributed by atoms with van der Waals surface area (Å²) in [5.41, 5.74) is 5.07. The molecule has 0 aromatic carbocycles. The van der Waals surface area contributed by atoms with Crippen LogP contribution in [0.1, 0.15) is 12.8 Å². The molecule has 11 heavy (non-hydrogen) atoms. The molecular formula is C4H13NO4P2. The Kier molecular flexibility index (Phi) is 5.44. The maximum atomic E-state index is 10.3. The van der Waals surface area contributed by atoms with E-state index in [0.29, 0.717) is 19.0 Å². The highest BCUT2D eigenvalue weighted by Gasteiger charge is 2.11. The van der Waals surface area contributed by atoms with E-state index in [9.17, 15) is 4.57 Å². The van der Waals surface area contributed by atoms with Crippen molar-refractivity contribution >= 4 is 15.9 Å². The van der Waals surface area contributed by atoms with Gasteiger partial charge in [0.2, 0.25) is 0 Å². The molecule has 0 spiro atoms. The van der Waals surface area contributed by atoms with Crippen molar-refractivity contribution in [2.45, 2.75) is 12.8 Å². The van der Waals surface area contributed by atoms with Crippen LogP contribution >= 0.6 is 15.9 Å². The first-order valence-corrected chi connectivity index (χ1v) is 6.52. The highest BCUT2D eigenvalue weighted by molar-refractivity contribution is 7.51. The fraction of sp³-hybridized carbons (Fsp3) is 1.00. The summed E-state index contributed by atoms with van der Waals surface area (Å²) in [5, 5.41) is 0. The minimum atomic E-state index is -3.84. The van der Waals surface area contributed by atoms with Crippen LogP contribution in [-0.4, -0.2) is 27.0 Å². The van der Waals surface area contributed by atoms with E-state index in [4.69, 9.17) is 20.2 Å². The molecule has 0 aliphatic heterocycles. The summed E-state index contributed by atoms with van der Waals surface area (Å²) in [6.45, 7) is 0. The van der Waals surface area contributed by atoms with Crippen molar-refractivity contribution in [2.24, 2.45) is 5.50 Å². The maximum Gasteiger partial charge on any atom is 0.325 e. The van der Waals surface area contributed by atoms with E-state index in [1.807, 2.05) is 0 Å². The van der Waals surface area contributed by atoms with Crippen LogP contribution in [0.25, 0.3) is 0 Å². The van der Waals surface area contributed by atoms with Crippen LogP contribution in [0.4, 0.5) is 0 Å². The van der Waals surface area contributed by atoms with Crippen LogP contribution in [0.5, 0.6) is 0 Å². The van der Waals surface area contributed by atoms with Gasteiger partial charge in [0, 0.05) is 12.3 Å². The van der Waals surface area contributed by atoms with Gasteiger partial charge in [-0.05, 0) is 12.8 Å². The largest absolute Gasteiger partial charge is 0.359 e. The van der Waals surface area contributed by atoms with Crippen molar-refractivity contribution < 1.29 is 19.2 Å². The lowest BCUT2D eigenvalue weighted by molar-refractivity contribution is 0.371. The zero-order valence-corrected chi connectivity index (χ0v) is 7.84. The second-order valence-electron chi connectivity index (χ2n) is 2.26. The van der Waals surface area contributed by atoms with Crippen LogP contribution in [0.15, 0.2) is 0 Å². The van der Waals surface area contributed by atoms with Gasteiger partial charge in [-0.15, -0.1) is 0 Å². The fourth-order valence-electron chi connectivity index (χ4n) is 0.592. The van der Waals surface area contributed by atoms with E-state index in [2.05, 4.69) is 0 Å². The van der Waals surface area contributed by atoms with Gasteiger partial charge in [0.05, 0.1) is 8.30 Å². The van der Waals surface area contributed by atoms with Crippen molar-refractivity contribution in [3.63, 3.8) is 0 Å². The van der Waals surface area contributed by atoms with Crippen LogP contribution in [0, 0.1) is 0 Å². The predicted octanol–water partition coefficient (Wildman–Crippen LogP) is 0.207. The standard InChI is InChI=1S/C4H13NO4P2/c5-10(6)3-1-2-4-11(7,8)9/h6H,1-5H2,(H2,7,8,9). The van der Waals surface area contributed by atoms with E-state index in [1.54, 1.807) is 0 Å². The molecule has 0 aromatic heterocycles. The second-order valence-corrected chi connectivity index (χ2v) is 5.36. The number of rotatable bonds is 5. The first-order chi connectivity index (χ1) is 4.92. The van der Waals surface area contributed by atoms with Crippen molar-refractivity contribution in [1.29, 1.82) is 0 Å². The van der Waals surface area contributed by atoms with Crippen molar-refractivity contribution in [2.75, 3.05) is 12.3 Å². The molecule has 0 rings (SSSR count). The third-order valence-corrected chi connectivity index (χ3v) is 2.76. The number of hydrogen-bond acceptors (Lipinski definition) is 3. The third kappa shape index (κ3) is 10.5. The summed E-state index contributed by atoms with van der Waals surface area (Å²) in [5.74, 6) is 0. The topological polar surface area (TPSA) is 104 Å². The first kappa shape index (κ1) is 11.5. The third-order valence-electron chi connectivity index (χ3n) is 1.09. The molecular weight excluding hydrogens is 188 g/mol. The van der Waals surface area contributed by atoms with Crippen LogP contribution in [-0.2, 0) is 4.57 Å². The summed E-state index contributed by atoms with van der Waals surface area (Å²) in [4.78, 5) is 25.4. The molecule has 0 fully saturated rings. The van der Waals surface area contributed by atoms with E-state index >= 15 is 0 Å². The normalized spacial score (nSPS) is 14.9. The number of nitrogens with two attached hydrogens (primary N) is 1. The van der Waals surface area contributed by atoms with Crippen molar-refractivity contribution in [3.8, 4) is 0 Å². The molecule has 0 aromatic rings. The minimum Gasteiger partial charge on any atom is -0.359 e. The Bertz CT molecular complexity index is 145. The molecule has 0 saturated carbocycles. The summed E-state index contributed by atoms with van der Waals surface area (Å²) in [6, 6.07) is 0. The Morgan fingerprint density at radius 1 is 1.36 bits per heavy atom. The van der Waals surface area contributed by atoms with Crippen LogP contribution < -0.4 is 5.50 Å². The molecule has 0 aliphatic carbocycles. The molecule has 5 nitrogen and oxygen atoms in total. The van der Waals surface area contributed by atoms with Crippen LogP contribution in [0.3, 0.4) is 0 Å². The Balaban J connectivity index is 3.22. The Labute approximate surface area is 66.7 Å².